The fraction of sp³-hybridized carbons (Fsp3) is 0.296. The Morgan fingerprint density at radius 3 is 2.76 bits per heavy atom. The Balaban J connectivity index is 1.50. The van der Waals surface area contributed by atoms with Crippen molar-refractivity contribution in [2.75, 3.05) is 13.2 Å². The quantitative estimate of drug-likeness (QED) is 0.465. The second-order valence-corrected chi connectivity index (χ2v) is 8.49. The minimum absolute atomic E-state index is 0.0982. The summed E-state index contributed by atoms with van der Waals surface area (Å²) in [5, 5.41) is 8.52. The lowest BCUT2D eigenvalue weighted by atomic mass is 10.0. The van der Waals surface area contributed by atoms with Gasteiger partial charge in [-0.2, -0.15) is 5.10 Å². The van der Waals surface area contributed by atoms with Crippen LogP contribution in [0.2, 0.25) is 0 Å². The Kier molecular flexibility index (Phi) is 5.92. The van der Waals surface area contributed by atoms with Crippen LogP contribution in [0.25, 0.3) is 27.8 Å². The van der Waals surface area contributed by atoms with E-state index in [9.17, 15) is 4.79 Å². The van der Waals surface area contributed by atoms with Crippen molar-refractivity contribution in [2.24, 2.45) is 0 Å². The second kappa shape index (κ2) is 9.16. The molecule has 6 nitrogen and oxygen atoms in total. The van der Waals surface area contributed by atoms with E-state index in [1.54, 1.807) is 0 Å². The number of benzene rings is 2. The average Bonchev–Trinajstić information content (AvgIpc) is 3.51. The molecule has 1 atom stereocenters. The number of pyridine rings is 1. The molecule has 0 radical (unpaired) electrons. The number of aryl methyl sites for hydroxylation is 1. The number of carbonyl (C=O) groups excluding carboxylic acids is 1. The van der Waals surface area contributed by atoms with Gasteiger partial charge in [0.05, 0.1) is 40.5 Å². The van der Waals surface area contributed by atoms with Crippen molar-refractivity contribution in [3.05, 3.63) is 77.6 Å². The van der Waals surface area contributed by atoms with Gasteiger partial charge in [-0.3, -0.25) is 4.79 Å². The summed E-state index contributed by atoms with van der Waals surface area (Å²) in [6.45, 7) is 5.47. The summed E-state index contributed by atoms with van der Waals surface area (Å²) in [6, 6.07) is 18.1. The third-order valence-electron chi connectivity index (χ3n) is 6.35. The van der Waals surface area contributed by atoms with Gasteiger partial charge in [0.1, 0.15) is 0 Å². The Hall–Kier alpha value is -3.51. The monoisotopic (exact) mass is 440 g/mol. The van der Waals surface area contributed by atoms with Crippen LogP contribution in [0.1, 0.15) is 41.4 Å². The van der Waals surface area contributed by atoms with Gasteiger partial charge >= 0.3 is 0 Å². The summed E-state index contributed by atoms with van der Waals surface area (Å²) in [4.78, 5) is 18.0. The molecule has 3 heterocycles. The molecule has 0 saturated carbocycles. The Morgan fingerprint density at radius 1 is 1.18 bits per heavy atom. The predicted octanol–water partition coefficient (Wildman–Crippen LogP) is 4.87. The molecule has 5 rings (SSSR count). The number of fused-ring (bicyclic) bond motifs is 1. The molecule has 1 amide bonds. The number of hydrogen-bond acceptors (Lipinski definition) is 4. The van der Waals surface area contributed by atoms with E-state index < -0.39 is 0 Å². The van der Waals surface area contributed by atoms with Crippen molar-refractivity contribution in [3.8, 4) is 16.9 Å². The van der Waals surface area contributed by atoms with Crippen LogP contribution in [0.4, 0.5) is 0 Å². The van der Waals surface area contributed by atoms with Gasteiger partial charge in [0.15, 0.2) is 0 Å². The van der Waals surface area contributed by atoms with Gasteiger partial charge in [0.2, 0.25) is 0 Å². The van der Waals surface area contributed by atoms with Gasteiger partial charge in [0.25, 0.3) is 5.91 Å². The maximum Gasteiger partial charge on any atom is 0.252 e. The fourth-order valence-corrected chi connectivity index (χ4v) is 4.40. The van der Waals surface area contributed by atoms with Crippen molar-refractivity contribution in [3.63, 3.8) is 0 Å². The molecular weight excluding hydrogens is 412 g/mol. The minimum atomic E-state index is -0.106. The lowest BCUT2D eigenvalue weighted by Crippen LogP contribution is -2.32. The van der Waals surface area contributed by atoms with Crippen LogP contribution >= 0.6 is 0 Å². The number of nitrogens with one attached hydrogen (secondary N) is 1. The zero-order valence-electron chi connectivity index (χ0n) is 19.0. The molecule has 1 saturated heterocycles. The summed E-state index contributed by atoms with van der Waals surface area (Å²) >= 11 is 0. The molecule has 1 N–H and O–H groups in total. The zero-order chi connectivity index (χ0) is 22.8. The molecule has 2 aromatic heterocycles. The number of hydrogen-bond donors (Lipinski definition) is 1. The molecule has 1 fully saturated rings. The summed E-state index contributed by atoms with van der Waals surface area (Å²) in [5.74, 6) is -0.106. The van der Waals surface area contributed by atoms with Gasteiger partial charge in [-0.1, -0.05) is 37.3 Å². The molecule has 0 unspecified atom stereocenters. The molecule has 1 aliphatic rings. The topological polar surface area (TPSA) is 69.0 Å². The first-order valence-corrected chi connectivity index (χ1v) is 11.6. The third-order valence-corrected chi connectivity index (χ3v) is 6.35. The van der Waals surface area contributed by atoms with Gasteiger partial charge in [-0.25, -0.2) is 9.67 Å². The van der Waals surface area contributed by atoms with E-state index in [0.29, 0.717) is 12.1 Å². The maximum absolute atomic E-state index is 13.2. The first-order valence-electron chi connectivity index (χ1n) is 11.6. The Labute approximate surface area is 193 Å². The molecule has 0 spiro atoms. The largest absolute Gasteiger partial charge is 0.376 e. The van der Waals surface area contributed by atoms with Crippen LogP contribution in [0.15, 0.2) is 60.8 Å². The van der Waals surface area contributed by atoms with Gasteiger partial charge in [-0.05, 0) is 56.0 Å². The van der Waals surface area contributed by atoms with Crippen molar-refractivity contribution in [1.82, 2.24) is 20.1 Å². The van der Waals surface area contributed by atoms with E-state index in [4.69, 9.17) is 9.72 Å². The van der Waals surface area contributed by atoms with Gasteiger partial charge in [0, 0.05) is 24.1 Å². The number of nitrogens with zero attached hydrogens (tertiary/aromatic N) is 3. The number of ether oxygens (including phenoxy) is 1. The maximum atomic E-state index is 13.2. The van der Waals surface area contributed by atoms with Crippen molar-refractivity contribution in [2.45, 2.75) is 39.2 Å². The van der Waals surface area contributed by atoms with E-state index in [2.05, 4.69) is 41.6 Å². The highest BCUT2D eigenvalue weighted by Crippen LogP contribution is 2.28. The standard InChI is InChI=1S/C27H28N4O2/c1-3-19-10-12-20(13-11-19)31-18(2)24(17-29-31)26-15-23(22-8-4-5-9-25(22)30-26)27(32)28-16-21-7-6-14-33-21/h4-5,8-13,15,17,21H,3,6-7,14,16H2,1-2H3,(H,28,32)/t21-/m1/s1. The lowest BCUT2D eigenvalue weighted by molar-refractivity contribution is 0.0859. The highest BCUT2D eigenvalue weighted by atomic mass is 16.5. The van der Waals surface area contributed by atoms with E-state index in [0.717, 1.165) is 59.4 Å². The normalized spacial score (nSPS) is 15.8. The molecule has 0 bridgehead atoms. The first-order chi connectivity index (χ1) is 16.1. The number of carbonyl (C=O) groups is 1. The van der Waals surface area contributed by atoms with E-state index in [1.165, 1.54) is 5.56 Å². The molecule has 6 heteroatoms. The van der Waals surface area contributed by atoms with Crippen LogP contribution < -0.4 is 5.32 Å². The molecular formula is C27H28N4O2. The highest BCUT2D eigenvalue weighted by Gasteiger charge is 2.20. The molecule has 0 aliphatic carbocycles. The average molecular weight is 441 g/mol. The van der Waals surface area contributed by atoms with Crippen LogP contribution in [-0.2, 0) is 11.2 Å². The van der Waals surface area contributed by atoms with E-state index in [1.807, 2.05) is 48.1 Å². The van der Waals surface area contributed by atoms with Crippen LogP contribution in [0, 0.1) is 6.92 Å². The van der Waals surface area contributed by atoms with Crippen LogP contribution in [0.5, 0.6) is 0 Å². The molecule has 2 aromatic carbocycles. The first kappa shape index (κ1) is 21.3. The fourth-order valence-electron chi connectivity index (χ4n) is 4.40. The second-order valence-electron chi connectivity index (χ2n) is 8.49. The SMILES string of the molecule is CCc1ccc(-n2ncc(-c3cc(C(=O)NC[C@H]4CCCO4)c4ccccc4n3)c2C)cc1. The van der Waals surface area contributed by atoms with Crippen LogP contribution in [0.3, 0.4) is 0 Å². The van der Waals surface area contributed by atoms with Gasteiger partial charge < -0.3 is 10.1 Å². The number of aromatic nitrogens is 3. The highest BCUT2D eigenvalue weighted by molar-refractivity contribution is 6.07. The summed E-state index contributed by atoms with van der Waals surface area (Å²) in [5.41, 5.74) is 6.33. The lowest BCUT2D eigenvalue weighted by Gasteiger charge is -2.13. The number of rotatable bonds is 6. The minimum Gasteiger partial charge on any atom is -0.376 e. The van der Waals surface area contributed by atoms with Crippen molar-refractivity contribution < 1.29 is 9.53 Å². The third kappa shape index (κ3) is 4.26. The molecule has 168 valence electrons. The van der Waals surface area contributed by atoms with E-state index >= 15 is 0 Å². The molecule has 1 aliphatic heterocycles. The molecule has 33 heavy (non-hydrogen) atoms. The number of amides is 1. The Morgan fingerprint density at radius 2 is 2.00 bits per heavy atom. The van der Waals surface area contributed by atoms with Gasteiger partial charge in [-0.15, -0.1) is 0 Å². The van der Waals surface area contributed by atoms with Crippen LogP contribution in [-0.4, -0.2) is 39.9 Å². The molecule has 4 aromatic rings. The summed E-state index contributed by atoms with van der Waals surface area (Å²) < 4.78 is 7.58. The summed E-state index contributed by atoms with van der Waals surface area (Å²) in [7, 11) is 0. The van der Waals surface area contributed by atoms with Crippen molar-refractivity contribution >= 4 is 16.8 Å². The predicted molar refractivity (Wildman–Crippen MR) is 130 cm³/mol. The number of para-hydroxylation sites is 1. The zero-order valence-corrected chi connectivity index (χ0v) is 19.0. The Bertz CT molecular complexity index is 1290. The van der Waals surface area contributed by atoms with Crippen molar-refractivity contribution in [1.29, 1.82) is 0 Å². The van der Waals surface area contributed by atoms with E-state index in [-0.39, 0.29) is 12.0 Å². The summed E-state index contributed by atoms with van der Waals surface area (Å²) in [6.07, 6.45) is 4.96. The smallest absolute Gasteiger partial charge is 0.252 e.